The zero-order valence-corrected chi connectivity index (χ0v) is 19.6. The van der Waals surface area contributed by atoms with Crippen LogP contribution in [0.2, 0.25) is 0 Å². The van der Waals surface area contributed by atoms with Gasteiger partial charge in [-0.05, 0) is 66.4 Å². The van der Waals surface area contributed by atoms with E-state index in [2.05, 4.69) is 0 Å². The maximum Gasteiger partial charge on any atom is 0.165 e. The van der Waals surface area contributed by atoms with E-state index in [0.717, 1.165) is 16.7 Å². The second kappa shape index (κ2) is 11.8. The van der Waals surface area contributed by atoms with E-state index in [1.165, 1.54) is 13.0 Å². The lowest BCUT2D eigenvalue weighted by Gasteiger charge is -2.14. The molecule has 0 N–H and O–H groups in total. The fraction of sp³-hybridized carbons (Fsp3) is 0.167. The molecule has 4 nitrogen and oxygen atoms in total. The van der Waals surface area contributed by atoms with E-state index in [0.29, 0.717) is 36.7 Å². The smallest absolute Gasteiger partial charge is 0.165 e. The van der Waals surface area contributed by atoms with E-state index in [9.17, 15) is 9.18 Å². The first-order chi connectivity index (χ1) is 17.0. The van der Waals surface area contributed by atoms with Crippen molar-refractivity contribution in [2.45, 2.75) is 33.0 Å². The number of halogens is 1. The van der Waals surface area contributed by atoms with Gasteiger partial charge in [-0.2, -0.15) is 0 Å². The van der Waals surface area contributed by atoms with E-state index < -0.39 is 5.82 Å². The topological polar surface area (TPSA) is 44.8 Å². The van der Waals surface area contributed by atoms with Crippen molar-refractivity contribution in [3.8, 4) is 23.0 Å². The Morgan fingerprint density at radius 1 is 0.686 bits per heavy atom. The van der Waals surface area contributed by atoms with Gasteiger partial charge >= 0.3 is 0 Å². The molecule has 0 aliphatic carbocycles. The third kappa shape index (κ3) is 7.44. The molecule has 5 heteroatoms. The monoisotopic (exact) mass is 470 g/mol. The molecule has 0 heterocycles. The lowest BCUT2D eigenvalue weighted by Crippen LogP contribution is -2.01. The molecule has 0 saturated heterocycles. The summed E-state index contributed by atoms with van der Waals surface area (Å²) in [7, 11) is 0. The normalized spacial score (nSPS) is 10.6. The van der Waals surface area contributed by atoms with Crippen molar-refractivity contribution < 1.29 is 23.4 Å². The molecule has 0 saturated carbocycles. The largest absolute Gasteiger partial charge is 0.489 e. The number of carbonyl (C=O) groups is 1. The van der Waals surface area contributed by atoms with Gasteiger partial charge in [0.05, 0.1) is 0 Å². The molecule has 4 aromatic rings. The number of ether oxygens (including phenoxy) is 3. The average Bonchev–Trinajstić information content (AvgIpc) is 2.87. The third-order valence-electron chi connectivity index (χ3n) is 5.32. The van der Waals surface area contributed by atoms with Crippen LogP contribution in [0.25, 0.3) is 0 Å². The molecule has 0 aromatic heterocycles. The van der Waals surface area contributed by atoms with Gasteiger partial charge in [0.1, 0.15) is 36.2 Å². The maximum atomic E-state index is 14.6. The van der Waals surface area contributed by atoms with Crippen LogP contribution in [-0.2, 0) is 24.4 Å². The lowest BCUT2D eigenvalue weighted by atomic mass is 10.1. The highest BCUT2D eigenvalue weighted by Crippen LogP contribution is 2.29. The minimum absolute atomic E-state index is 0.0774. The summed E-state index contributed by atoms with van der Waals surface area (Å²) < 4.78 is 32.4. The Hall–Kier alpha value is -4.12. The van der Waals surface area contributed by atoms with Crippen molar-refractivity contribution >= 4 is 5.78 Å². The molecule has 4 aromatic carbocycles. The first-order valence-corrected chi connectivity index (χ1v) is 11.5. The van der Waals surface area contributed by atoms with Gasteiger partial charge in [0.2, 0.25) is 0 Å². The highest BCUT2D eigenvalue weighted by molar-refractivity contribution is 5.75. The van der Waals surface area contributed by atoms with Crippen molar-refractivity contribution in [3.63, 3.8) is 0 Å². The Morgan fingerprint density at radius 3 is 2.09 bits per heavy atom. The summed E-state index contributed by atoms with van der Waals surface area (Å²) in [6, 6.07) is 29.7. The molecular formula is C30H27FO4. The zero-order valence-electron chi connectivity index (χ0n) is 19.6. The fourth-order valence-electron chi connectivity index (χ4n) is 3.52. The first kappa shape index (κ1) is 24.0. The molecule has 0 fully saturated rings. The molecule has 0 unspecified atom stereocenters. The standard InChI is InChI=1S/C30H27FO4/c1-22(32)12-13-23-14-15-30(29(31)18-23)34-21-25-16-27(33-20-24-8-4-2-5-9-24)19-28(17-25)35-26-10-6-3-7-11-26/h2-11,14-19H,12-13,20-21H2,1H3. The molecule has 35 heavy (non-hydrogen) atoms. The second-order valence-corrected chi connectivity index (χ2v) is 8.26. The predicted octanol–water partition coefficient (Wildman–Crippen LogP) is 7.30. The summed E-state index contributed by atoms with van der Waals surface area (Å²) in [6.07, 6.45) is 0.896. The summed E-state index contributed by atoms with van der Waals surface area (Å²) in [4.78, 5) is 11.2. The Kier molecular flexibility index (Phi) is 8.12. The quantitative estimate of drug-likeness (QED) is 0.231. The number of hydrogen-bond donors (Lipinski definition) is 0. The summed E-state index contributed by atoms with van der Waals surface area (Å²) in [5.41, 5.74) is 2.59. The number of hydrogen-bond acceptors (Lipinski definition) is 4. The summed E-state index contributed by atoms with van der Waals surface area (Å²) in [6.45, 7) is 2.07. The fourth-order valence-corrected chi connectivity index (χ4v) is 3.52. The van der Waals surface area contributed by atoms with Crippen molar-refractivity contribution in [3.05, 3.63) is 120 Å². The van der Waals surface area contributed by atoms with Crippen LogP contribution in [0, 0.1) is 5.82 Å². The molecule has 178 valence electrons. The molecule has 4 rings (SSSR count). The molecule has 0 amide bonds. The van der Waals surface area contributed by atoms with Crippen LogP contribution in [0.5, 0.6) is 23.0 Å². The molecule has 0 aliphatic heterocycles. The molecule has 0 radical (unpaired) electrons. The Bertz CT molecular complexity index is 1260. The number of para-hydroxylation sites is 1. The van der Waals surface area contributed by atoms with Gasteiger partial charge in [-0.25, -0.2) is 4.39 Å². The summed E-state index contributed by atoms with van der Waals surface area (Å²) >= 11 is 0. The second-order valence-electron chi connectivity index (χ2n) is 8.26. The van der Waals surface area contributed by atoms with E-state index >= 15 is 0 Å². The van der Waals surface area contributed by atoms with Crippen molar-refractivity contribution in [2.24, 2.45) is 0 Å². The Morgan fingerprint density at radius 2 is 1.37 bits per heavy atom. The SMILES string of the molecule is CC(=O)CCc1ccc(OCc2cc(OCc3ccccc3)cc(Oc3ccccc3)c2)c(F)c1. The van der Waals surface area contributed by atoms with Crippen LogP contribution in [-0.4, -0.2) is 5.78 Å². The van der Waals surface area contributed by atoms with Crippen LogP contribution in [0.15, 0.2) is 97.1 Å². The number of rotatable bonds is 11. The van der Waals surface area contributed by atoms with Gasteiger partial charge in [-0.15, -0.1) is 0 Å². The number of ketones is 1. The molecule has 0 aliphatic rings. The van der Waals surface area contributed by atoms with Gasteiger partial charge in [0.15, 0.2) is 11.6 Å². The highest BCUT2D eigenvalue weighted by atomic mass is 19.1. The van der Waals surface area contributed by atoms with Crippen molar-refractivity contribution in [2.75, 3.05) is 0 Å². The van der Waals surface area contributed by atoms with Crippen LogP contribution < -0.4 is 14.2 Å². The van der Waals surface area contributed by atoms with Crippen LogP contribution in [0.4, 0.5) is 4.39 Å². The van der Waals surface area contributed by atoms with E-state index in [4.69, 9.17) is 14.2 Å². The Labute approximate surface area is 204 Å². The minimum Gasteiger partial charge on any atom is -0.489 e. The highest BCUT2D eigenvalue weighted by Gasteiger charge is 2.09. The van der Waals surface area contributed by atoms with Gasteiger partial charge in [0.25, 0.3) is 0 Å². The average molecular weight is 471 g/mol. The first-order valence-electron chi connectivity index (χ1n) is 11.5. The number of carbonyl (C=O) groups excluding carboxylic acids is 1. The van der Waals surface area contributed by atoms with Gasteiger partial charge < -0.3 is 19.0 Å². The molecule has 0 bridgehead atoms. The number of Topliss-reactive ketones (excluding diaryl/α,β-unsaturated/α-hetero) is 1. The van der Waals surface area contributed by atoms with Gasteiger partial charge in [-0.1, -0.05) is 54.6 Å². The number of benzene rings is 4. The van der Waals surface area contributed by atoms with E-state index in [1.807, 2.05) is 78.9 Å². The minimum atomic E-state index is -0.455. The maximum absolute atomic E-state index is 14.6. The summed E-state index contributed by atoms with van der Waals surface area (Å²) in [5, 5.41) is 0. The lowest BCUT2D eigenvalue weighted by molar-refractivity contribution is -0.116. The van der Waals surface area contributed by atoms with Crippen LogP contribution in [0.3, 0.4) is 0 Å². The Balaban J connectivity index is 1.49. The van der Waals surface area contributed by atoms with Crippen LogP contribution >= 0.6 is 0 Å². The van der Waals surface area contributed by atoms with Gasteiger partial charge in [-0.3, -0.25) is 0 Å². The van der Waals surface area contributed by atoms with Crippen LogP contribution in [0.1, 0.15) is 30.0 Å². The molecular weight excluding hydrogens is 443 g/mol. The molecule has 0 atom stereocenters. The van der Waals surface area contributed by atoms with E-state index in [-0.39, 0.29) is 18.1 Å². The third-order valence-corrected chi connectivity index (χ3v) is 5.32. The number of aryl methyl sites for hydroxylation is 1. The summed E-state index contributed by atoms with van der Waals surface area (Å²) in [5.74, 6) is 1.70. The van der Waals surface area contributed by atoms with Crippen molar-refractivity contribution in [1.82, 2.24) is 0 Å². The molecule has 0 spiro atoms. The van der Waals surface area contributed by atoms with Crippen molar-refractivity contribution in [1.29, 1.82) is 0 Å². The predicted molar refractivity (Wildman–Crippen MR) is 133 cm³/mol. The van der Waals surface area contributed by atoms with E-state index in [1.54, 1.807) is 12.1 Å². The van der Waals surface area contributed by atoms with Gasteiger partial charge in [0, 0.05) is 12.5 Å². The zero-order chi connectivity index (χ0) is 24.5.